The third-order valence-electron chi connectivity index (χ3n) is 4.83. The fourth-order valence-corrected chi connectivity index (χ4v) is 9.50. The number of hydrogen-bond donors (Lipinski definition) is 0. The molecule has 0 saturated carbocycles. The third-order valence-corrected chi connectivity index (χ3v) is 30.1. The van der Waals surface area contributed by atoms with Crippen molar-refractivity contribution in [3.63, 3.8) is 0 Å². The second-order valence-corrected chi connectivity index (χ2v) is 32.0. The van der Waals surface area contributed by atoms with Crippen molar-refractivity contribution in [2.45, 2.75) is 52.4 Å². The van der Waals surface area contributed by atoms with Crippen LogP contribution in [0.25, 0.3) is 0 Å². The minimum Gasteiger partial charge on any atom is -0.0730 e. The summed E-state index contributed by atoms with van der Waals surface area (Å²) in [6.45, 7) is 20.0. The molecule has 0 fully saturated rings. The zero-order chi connectivity index (χ0) is 14.1. The van der Waals surface area contributed by atoms with E-state index in [2.05, 4.69) is 76.6 Å². The standard InChI is InChI=1S/C14H28Si4/c1-15(2)17(5,6)13-9-11-14(12-10-13)18(7,8)16(3)4/h9-12H,1-8H3. The maximum absolute atomic E-state index is 2.54. The monoisotopic (exact) mass is 308 g/mol. The van der Waals surface area contributed by atoms with Crippen LogP contribution in [-0.2, 0) is 0 Å². The molecule has 0 aliphatic heterocycles. The smallest absolute Gasteiger partial charge is 0.0711 e. The van der Waals surface area contributed by atoms with Crippen molar-refractivity contribution in [3.05, 3.63) is 24.3 Å². The fraction of sp³-hybridized carbons (Fsp3) is 0.571. The largest absolute Gasteiger partial charge is 0.0730 e. The average Bonchev–Trinajstić information content (AvgIpc) is 2.28. The predicted octanol–water partition coefficient (Wildman–Crippen LogP) is 3.18. The summed E-state index contributed by atoms with van der Waals surface area (Å²) in [4.78, 5) is 0. The quantitative estimate of drug-likeness (QED) is 0.750. The molecule has 0 nitrogen and oxygen atoms in total. The van der Waals surface area contributed by atoms with Crippen molar-refractivity contribution in [1.82, 2.24) is 0 Å². The van der Waals surface area contributed by atoms with E-state index in [1.807, 2.05) is 0 Å². The van der Waals surface area contributed by atoms with Crippen molar-refractivity contribution >= 4 is 42.2 Å². The van der Waals surface area contributed by atoms with Crippen molar-refractivity contribution in [1.29, 1.82) is 0 Å². The Morgan fingerprint density at radius 2 is 0.833 bits per heavy atom. The average molecular weight is 309 g/mol. The van der Waals surface area contributed by atoms with E-state index in [4.69, 9.17) is 0 Å². The molecule has 4 heteroatoms. The van der Waals surface area contributed by atoms with Gasteiger partial charge in [0.15, 0.2) is 0 Å². The molecule has 18 heavy (non-hydrogen) atoms. The molecule has 0 bridgehead atoms. The van der Waals surface area contributed by atoms with Crippen LogP contribution in [0, 0.1) is 0 Å². The van der Waals surface area contributed by atoms with E-state index in [0.29, 0.717) is 0 Å². The van der Waals surface area contributed by atoms with Gasteiger partial charge in [-0.25, -0.2) is 0 Å². The summed E-state index contributed by atoms with van der Waals surface area (Å²) in [5.41, 5.74) is 0. The highest BCUT2D eigenvalue weighted by Crippen LogP contribution is 2.10. The first-order chi connectivity index (χ1) is 8.10. The molecule has 0 saturated heterocycles. The van der Waals surface area contributed by atoms with Gasteiger partial charge in [0.2, 0.25) is 0 Å². The van der Waals surface area contributed by atoms with E-state index in [0.717, 1.165) is 0 Å². The molecule has 0 aromatic heterocycles. The molecule has 0 aliphatic rings. The van der Waals surface area contributed by atoms with E-state index in [1.165, 1.54) is 0 Å². The summed E-state index contributed by atoms with van der Waals surface area (Å²) in [5.74, 6) is 0. The van der Waals surface area contributed by atoms with Gasteiger partial charge in [0.05, 0.1) is 15.2 Å². The van der Waals surface area contributed by atoms with Crippen molar-refractivity contribution in [3.8, 4) is 0 Å². The molecule has 2 radical (unpaired) electrons. The topological polar surface area (TPSA) is 0 Å². The molecule has 0 aliphatic carbocycles. The van der Waals surface area contributed by atoms with Crippen LogP contribution < -0.4 is 10.4 Å². The Morgan fingerprint density at radius 3 is 1.00 bits per heavy atom. The molecule has 0 amide bonds. The summed E-state index contributed by atoms with van der Waals surface area (Å²) in [7, 11) is -2.62. The van der Waals surface area contributed by atoms with Crippen LogP contribution in [0.4, 0.5) is 0 Å². The summed E-state index contributed by atoms with van der Waals surface area (Å²) >= 11 is 0. The van der Waals surface area contributed by atoms with Crippen LogP contribution in [0.5, 0.6) is 0 Å². The highest BCUT2D eigenvalue weighted by atomic mass is 29.2. The first-order valence-electron chi connectivity index (χ1n) is 6.82. The van der Waals surface area contributed by atoms with Gasteiger partial charge in [0.1, 0.15) is 0 Å². The van der Waals surface area contributed by atoms with Gasteiger partial charge < -0.3 is 0 Å². The van der Waals surface area contributed by atoms with Crippen molar-refractivity contribution < 1.29 is 0 Å². The Kier molecular flexibility index (Phi) is 5.03. The van der Waals surface area contributed by atoms with Gasteiger partial charge in [-0.15, -0.1) is 0 Å². The second kappa shape index (κ2) is 5.61. The van der Waals surface area contributed by atoms with E-state index < -0.39 is 15.2 Å². The zero-order valence-electron chi connectivity index (χ0n) is 13.3. The SMILES string of the molecule is C[Si](C)[Si](C)(C)c1ccc([Si](C)(C)[Si](C)C)cc1. The lowest BCUT2D eigenvalue weighted by atomic mass is 10.4. The molecule has 1 rings (SSSR count). The Bertz CT molecular complexity index is 352. The van der Waals surface area contributed by atoms with Crippen LogP contribution in [0.2, 0.25) is 52.4 Å². The van der Waals surface area contributed by atoms with Gasteiger partial charge in [-0.05, 0) is 0 Å². The molecule has 1 aromatic carbocycles. The van der Waals surface area contributed by atoms with Crippen LogP contribution in [-0.4, -0.2) is 31.8 Å². The molecule has 0 heterocycles. The second-order valence-electron chi connectivity index (χ2n) is 6.83. The van der Waals surface area contributed by atoms with Gasteiger partial charge in [-0.3, -0.25) is 0 Å². The van der Waals surface area contributed by atoms with Crippen LogP contribution in [0.3, 0.4) is 0 Å². The molecule has 0 N–H and O–H groups in total. The lowest BCUT2D eigenvalue weighted by molar-refractivity contribution is 1.72. The number of hydrogen-bond acceptors (Lipinski definition) is 0. The molecular formula is C14H28Si4. The summed E-state index contributed by atoms with van der Waals surface area (Å²) in [6, 6.07) is 9.83. The lowest BCUT2D eigenvalue weighted by Gasteiger charge is -2.29. The number of rotatable bonds is 4. The van der Waals surface area contributed by atoms with E-state index in [9.17, 15) is 0 Å². The van der Waals surface area contributed by atoms with Crippen LogP contribution in [0.15, 0.2) is 24.3 Å². The van der Waals surface area contributed by atoms with Gasteiger partial charge >= 0.3 is 0 Å². The highest BCUT2D eigenvalue weighted by molar-refractivity contribution is 7.38. The Hall–Kier alpha value is 0.0875. The van der Waals surface area contributed by atoms with E-state index >= 15 is 0 Å². The fourth-order valence-electron chi connectivity index (χ4n) is 1.88. The van der Waals surface area contributed by atoms with E-state index in [-0.39, 0.29) is 16.6 Å². The lowest BCUT2D eigenvalue weighted by Crippen LogP contribution is -2.55. The van der Waals surface area contributed by atoms with Gasteiger partial charge in [-0.1, -0.05) is 87.0 Å². The Labute approximate surface area is 119 Å². The van der Waals surface area contributed by atoms with E-state index in [1.54, 1.807) is 10.4 Å². The maximum atomic E-state index is 2.54. The molecule has 100 valence electrons. The summed E-state index contributed by atoms with van der Waals surface area (Å²) < 4.78 is 0. The molecule has 0 spiro atoms. The summed E-state index contributed by atoms with van der Waals surface area (Å²) in [6.07, 6.45) is 0. The number of benzene rings is 1. The van der Waals surface area contributed by atoms with Crippen LogP contribution in [0.1, 0.15) is 0 Å². The first kappa shape index (κ1) is 16.1. The molecule has 0 atom stereocenters. The van der Waals surface area contributed by atoms with Gasteiger partial charge in [0.25, 0.3) is 0 Å². The van der Waals surface area contributed by atoms with Gasteiger partial charge in [0, 0.05) is 16.6 Å². The minimum atomic E-state index is -1.14. The van der Waals surface area contributed by atoms with Crippen LogP contribution >= 0.6 is 0 Å². The Balaban J connectivity index is 3.08. The molecular weight excluding hydrogens is 280 g/mol. The third kappa shape index (κ3) is 3.15. The molecule has 0 unspecified atom stereocenters. The normalized spacial score (nSPS) is 13.4. The molecule has 1 aromatic rings. The van der Waals surface area contributed by atoms with Crippen molar-refractivity contribution in [2.24, 2.45) is 0 Å². The highest BCUT2D eigenvalue weighted by Gasteiger charge is 2.31. The maximum Gasteiger partial charge on any atom is 0.0711 e. The summed E-state index contributed by atoms with van der Waals surface area (Å²) in [5, 5.41) is 3.33. The first-order valence-corrected chi connectivity index (χ1v) is 19.8. The minimum absolute atomic E-state index is 0.170. The van der Waals surface area contributed by atoms with Gasteiger partial charge in [-0.2, -0.15) is 0 Å². The Morgan fingerprint density at radius 1 is 0.611 bits per heavy atom. The zero-order valence-corrected chi connectivity index (χ0v) is 17.3. The predicted molar refractivity (Wildman–Crippen MR) is 95.6 cm³/mol. The van der Waals surface area contributed by atoms with Crippen molar-refractivity contribution in [2.75, 3.05) is 0 Å².